The second-order valence-corrected chi connectivity index (χ2v) is 30.9. The first-order valence-electron chi connectivity index (χ1n) is 27.1. The fourth-order valence-electron chi connectivity index (χ4n) is 12.8. The van der Waals surface area contributed by atoms with E-state index in [0.717, 1.165) is 0 Å². The van der Waals surface area contributed by atoms with E-state index in [1.54, 1.807) is 34.5 Å². The van der Waals surface area contributed by atoms with Gasteiger partial charge in [0.05, 0.1) is 0 Å². The van der Waals surface area contributed by atoms with Crippen LogP contribution in [0.3, 0.4) is 0 Å². The molecule has 0 aliphatic heterocycles. The topological polar surface area (TPSA) is 0 Å². The molecule has 4 heteroatoms. The number of benzene rings is 6. The maximum Gasteiger partial charge on any atom is -1.00 e. The third-order valence-corrected chi connectivity index (χ3v) is 15.8. The van der Waals surface area contributed by atoms with Gasteiger partial charge in [-0.3, -0.25) is 0 Å². The van der Waals surface area contributed by atoms with E-state index in [0.29, 0.717) is 10.8 Å². The predicted octanol–water partition coefficient (Wildman–Crippen LogP) is 14.5. The van der Waals surface area contributed by atoms with Crippen molar-refractivity contribution in [3.63, 3.8) is 0 Å². The molecule has 0 N–H and O–H groups in total. The molecule has 0 amide bonds. The van der Waals surface area contributed by atoms with Gasteiger partial charge in [0.15, 0.2) is 0 Å². The normalized spacial score (nSPS) is 16.1. The average Bonchev–Trinajstić information content (AvgIpc) is 4.00. The molecule has 8 aromatic carbocycles. The first-order chi connectivity index (χ1) is 33.3. The molecule has 10 rings (SSSR count). The molecule has 0 atom stereocenters. The van der Waals surface area contributed by atoms with Gasteiger partial charge in [-0.05, 0) is 94.9 Å². The van der Waals surface area contributed by atoms with Crippen LogP contribution in [0.4, 0.5) is 0 Å². The molecule has 70 heavy (non-hydrogen) atoms. The second kappa shape index (κ2) is 27.7. The molecule has 0 saturated heterocycles. The summed E-state index contributed by atoms with van der Waals surface area (Å²) >= 11 is 1.74. The van der Waals surface area contributed by atoms with Crippen LogP contribution < -0.4 is 24.8 Å². The summed E-state index contributed by atoms with van der Waals surface area (Å²) in [6.45, 7) is 9.38. The average molecular weight is 1060 g/mol. The maximum atomic E-state index is 2.52. The zero-order chi connectivity index (χ0) is 47.2. The minimum absolute atomic E-state index is 0. The quantitative estimate of drug-likeness (QED) is 0.0946. The van der Waals surface area contributed by atoms with Gasteiger partial charge >= 0.3 is 41.9 Å². The van der Waals surface area contributed by atoms with Crippen molar-refractivity contribution in [3.05, 3.63) is 157 Å². The Labute approximate surface area is 451 Å². The number of hydrogen-bond donors (Lipinski definition) is 0. The van der Waals surface area contributed by atoms with E-state index in [-0.39, 0.29) is 30.2 Å². The molecular formula is C66H80Cl2SiZr-2. The molecule has 0 radical (unpaired) electrons. The van der Waals surface area contributed by atoms with Gasteiger partial charge in [0.25, 0.3) is 0 Å². The summed E-state index contributed by atoms with van der Waals surface area (Å²) in [5.74, 6) is 0. The molecule has 2 fully saturated rings. The molecule has 0 spiro atoms. The molecule has 8 aromatic rings. The van der Waals surface area contributed by atoms with Gasteiger partial charge in [-0.25, -0.2) is 0 Å². The van der Waals surface area contributed by atoms with E-state index in [9.17, 15) is 0 Å². The van der Waals surface area contributed by atoms with Crippen molar-refractivity contribution in [3.8, 4) is 22.3 Å². The Bertz CT molecular complexity index is 2640. The summed E-state index contributed by atoms with van der Waals surface area (Å²) in [6.07, 6.45) is 30.7. The Hall–Kier alpha value is -3.26. The third kappa shape index (κ3) is 14.5. The molecule has 0 bridgehead atoms. The Morgan fingerprint density at radius 1 is 0.414 bits per heavy atom. The van der Waals surface area contributed by atoms with Crippen LogP contribution in [0.15, 0.2) is 146 Å². The number of hydrogen-bond acceptors (Lipinski definition) is 0. The summed E-state index contributed by atoms with van der Waals surface area (Å²) in [6, 6.07) is 54.8. The Kier molecular flexibility index (Phi) is 22.2. The Morgan fingerprint density at radius 3 is 1.07 bits per heavy atom. The van der Waals surface area contributed by atoms with Gasteiger partial charge < -0.3 is 24.8 Å². The molecular weight excluding hydrogens is 983 g/mol. The van der Waals surface area contributed by atoms with E-state index in [2.05, 4.69) is 173 Å². The monoisotopic (exact) mass is 1060 g/mol. The number of rotatable bonds is 10. The van der Waals surface area contributed by atoms with Gasteiger partial charge in [0.1, 0.15) is 0 Å². The molecule has 2 aliphatic carbocycles. The predicted molar refractivity (Wildman–Crippen MR) is 298 cm³/mol. The molecule has 0 aromatic heterocycles. The molecule has 0 heterocycles. The summed E-state index contributed by atoms with van der Waals surface area (Å²) in [5, 5.41) is 11.0. The van der Waals surface area contributed by atoms with E-state index in [1.165, 1.54) is 207 Å². The molecule has 0 unspecified atom stereocenters. The zero-order valence-electron chi connectivity index (χ0n) is 43.2. The van der Waals surface area contributed by atoms with Crippen LogP contribution in [0.25, 0.3) is 65.3 Å². The Morgan fingerprint density at radius 2 is 0.714 bits per heavy atom. The van der Waals surface area contributed by atoms with Gasteiger partial charge in [-0.2, -0.15) is 12.1 Å². The summed E-state index contributed by atoms with van der Waals surface area (Å²) in [5.41, 5.74) is 9.80. The molecule has 0 nitrogen and oxygen atoms in total. The summed E-state index contributed by atoms with van der Waals surface area (Å²) in [7, 11) is 0. The van der Waals surface area contributed by atoms with Crippen molar-refractivity contribution in [2.24, 2.45) is 10.8 Å². The van der Waals surface area contributed by atoms with Crippen LogP contribution in [0.5, 0.6) is 0 Å². The van der Waals surface area contributed by atoms with Crippen LogP contribution in [0, 0.1) is 10.8 Å². The third-order valence-electron chi connectivity index (χ3n) is 15.8. The van der Waals surface area contributed by atoms with Crippen molar-refractivity contribution < 1.29 is 48.1 Å². The van der Waals surface area contributed by atoms with Gasteiger partial charge in [-0.15, -0.1) is 69.1 Å². The van der Waals surface area contributed by atoms with Crippen LogP contribution in [-0.4, -0.2) is 5.43 Å². The fourth-order valence-corrected chi connectivity index (χ4v) is 12.8. The second-order valence-electron chi connectivity index (χ2n) is 21.5. The van der Waals surface area contributed by atoms with E-state index in [4.69, 9.17) is 0 Å². The first kappa shape index (κ1) is 56.0. The fraction of sp³-hybridized carbons (Fsp3) is 0.424. The van der Waals surface area contributed by atoms with Gasteiger partial charge in [0.2, 0.25) is 0 Å². The standard InChI is InChI=1S/2C32H37.C2H6Si.2ClH.Zr/c2*1-2-19-32(20-9-5-3-4-6-10-21-32)24-25-22-27-15-12-18-30(31(27)23-25)29-17-11-14-26-13-7-8-16-28(26)29;1-3-2;;;/h2*7-8,11-18,22-23H,2-6,9-10,19-21,24H2,1H3;1-2H3;2*1H;/q2*-1;;;;+2/p-2. The summed E-state index contributed by atoms with van der Waals surface area (Å²) < 4.78 is 0. The molecule has 2 saturated carbocycles. The van der Waals surface area contributed by atoms with E-state index in [1.807, 2.05) is 0 Å². The largest absolute Gasteiger partial charge is 1.00 e. The molecule has 2 aliphatic rings. The smallest absolute Gasteiger partial charge is 1.00 e. The Balaban J connectivity index is 0.000000208. The van der Waals surface area contributed by atoms with Crippen molar-refractivity contribution in [1.82, 2.24) is 0 Å². The SMILES string of the molecule is CCCC1(Cc2cc3c(-c4cccc5ccccc45)cccc3[cH-]2)CCCCCCCC1.CCCC1(Cc2cc3c(-c4cccc5ccccc45)cccc3[cH-]2)CCCCCCCC1.C[Si](C)=[Zr+2].[Cl-].[Cl-]. The summed E-state index contributed by atoms with van der Waals surface area (Å²) in [4.78, 5) is 0. The minimum atomic E-state index is 0. The van der Waals surface area contributed by atoms with Crippen molar-refractivity contribution in [1.29, 1.82) is 0 Å². The molecule has 368 valence electrons. The first-order valence-corrected chi connectivity index (χ1v) is 33.3. The number of halogens is 2. The van der Waals surface area contributed by atoms with Crippen LogP contribution in [0.1, 0.15) is 153 Å². The van der Waals surface area contributed by atoms with Crippen LogP contribution in [0.2, 0.25) is 13.1 Å². The number of fused-ring (bicyclic) bond motifs is 4. The van der Waals surface area contributed by atoms with Crippen molar-refractivity contribution >= 4 is 48.5 Å². The zero-order valence-corrected chi connectivity index (χ0v) is 48.1. The van der Waals surface area contributed by atoms with Crippen LogP contribution >= 0.6 is 0 Å². The van der Waals surface area contributed by atoms with Gasteiger partial charge in [0, 0.05) is 0 Å². The van der Waals surface area contributed by atoms with E-state index < -0.39 is 0 Å². The van der Waals surface area contributed by atoms with E-state index >= 15 is 0 Å². The van der Waals surface area contributed by atoms with Gasteiger partial charge in [-0.1, -0.05) is 212 Å². The minimum Gasteiger partial charge on any atom is -1.00 e. The maximum absolute atomic E-state index is 2.52. The van der Waals surface area contributed by atoms with Crippen molar-refractivity contribution in [2.45, 2.75) is 168 Å². The van der Waals surface area contributed by atoms with Crippen molar-refractivity contribution in [2.75, 3.05) is 0 Å². The van der Waals surface area contributed by atoms with Crippen LogP contribution in [-0.2, 0) is 36.2 Å².